The molecule has 166 valence electrons. The van der Waals surface area contributed by atoms with Gasteiger partial charge in [-0.05, 0) is 58.7 Å². The van der Waals surface area contributed by atoms with Crippen LogP contribution in [0.4, 0.5) is 10.5 Å². The smallest absolute Gasteiger partial charge is 0.410 e. The Bertz CT molecular complexity index is 784. The lowest BCUT2D eigenvalue weighted by Crippen LogP contribution is -2.43. The molecule has 1 aliphatic rings. The van der Waals surface area contributed by atoms with E-state index in [9.17, 15) is 14.4 Å². The van der Waals surface area contributed by atoms with Crippen LogP contribution in [0, 0.1) is 5.92 Å². The molecule has 0 bridgehead atoms. The summed E-state index contributed by atoms with van der Waals surface area (Å²) in [7, 11) is 1.48. The van der Waals surface area contributed by atoms with E-state index in [1.54, 1.807) is 43.9 Å². The number of esters is 1. The molecule has 2 rings (SSSR count). The van der Waals surface area contributed by atoms with Gasteiger partial charge in [0.25, 0.3) is 5.91 Å². The summed E-state index contributed by atoms with van der Waals surface area (Å²) >= 11 is 5.96. The summed E-state index contributed by atoms with van der Waals surface area (Å²) in [5, 5.41) is 3.10. The molecule has 1 unspecified atom stereocenters. The molecular formula is C21H29ClN2O6. The highest BCUT2D eigenvalue weighted by Gasteiger charge is 2.32. The van der Waals surface area contributed by atoms with Gasteiger partial charge in [-0.3, -0.25) is 9.59 Å². The number of benzene rings is 1. The molecule has 1 aromatic carbocycles. The van der Waals surface area contributed by atoms with Crippen molar-refractivity contribution in [3.63, 3.8) is 0 Å². The third-order valence-corrected chi connectivity index (χ3v) is 4.80. The third-order valence-electron chi connectivity index (χ3n) is 4.56. The molecule has 1 heterocycles. The van der Waals surface area contributed by atoms with Gasteiger partial charge in [0.15, 0.2) is 6.10 Å². The fourth-order valence-electron chi connectivity index (χ4n) is 2.96. The van der Waals surface area contributed by atoms with E-state index < -0.39 is 29.7 Å². The van der Waals surface area contributed by atoms with Gasteiger partial charge >= 0.3 is 12.1 Å². The number of amides is 2. The monoisotopic (exact) mass is 440 g/mol. The summed E-state index contributed by atoms with van der Waals surface area (Å²) in [6.07, 6.45) is -0.481. The fraction of sp³-hybridized carbons (Fsp3) is 0.571. The minimum absolute atomic E-state index is 0.375. The number of anilines is 1. The molecule has 0 spiro atoms. The van der Waals surface area contributed by atoms with Gasteiger partial charge in [-0.25, -0.2) is 4.79 Å². The zero-order valence-electron chi connectivity index (χ0n) is 18.0. The first-order valence-electron chi connectivity index (χ1n) is 9.83. The zero-order chi connectivity index (χ0) is 22.5. The third kappa shape index (κ3) is 6.79. The zero-order valence-corrected chi connectivity index (χ0v) is 18.7. The normalized spacial score (nSPS) is 15.9. The second-order valence-corrected chi connectivity index (χ2v) is 8.59. The van der Waals surface area contributed by atoms with Crippen molar-refractivity contribution in [3.8, 4) is 5.75 Å². The molecular weight excluding hydrogens is 412 g/mol. The van der Waals surface area contributed by atoms with Crippen molar-refractivity contribution in [2.24, 2.45) is 5.92 Å². The maximum Gasteiger partial charge on any atom is 0.410 e. The van der Waals surface area contributed by atoms with E-state index >= 15 is 0 Å². The molecule has 1 aliphatic heterocycles. The van der Waals surface area contributed by atoms with Crippen LogP contribution in [0.2, 0.25) is 5.02 Å². The molecule has 1 saturated heterocycles. The minimum Gasteiger partial charge on any atom is -0.495 e. The number of ether oxygens (including phenoxy) is 3. The van der Waals surface area contributed by atoms with Gasteiger partial charge in [-0.1, -0.05) is 11.6 Å². The standard InChI is InChI=1S/C21H29ClN2O6/c1-13(18(25)23-16-12-15(22)6-7-17(16)28-5)29-19(26)14-8-10-24(11-9-14)20(27)30-21(2,3)4/h6-7,12-14H,8-11H2,1-5H3,(H,23,25). The summed E-state index contributed by atoms with van der Waals surface area (Å²) in [6, 6.07) is 4.83. The van der Waals surface area contributed by atoms with Gasteiger partial charge in [-0.2, -0.15) is 0 Å². The number of nitrogens with one attached hydrogen (secondary N) is 1. The highest BCUT2D eigenvalue weighted by Crippen LogP contribution is 2.28. The maximum absolute atomic E-state index is 12.5. The Morgan fingerprint density at radius 1 is 1.20 bits per heavy atom. The second kappa shape index (κ2) is 10.0. The number of hydrogen-bond donors (Lipinski definition) is 1. The topological polar surface area (TPSA) is 94.2 Å². The Labute approximate surface area is 181 Å². The highest BCUT2D eigenvalue weighted by atomic mass is 35.5. The Kier molecular flexibility index (Phi) is 7.95. The van der Waals surface area contributed by atoms with Crippen molar-refractivity contribution < 1.29 is 28.6 Å². The molecule has 1 N–H and O–H groups in total. The summed E-state index contributed by atoms with van der Waals surface area (Å²) in [4.78, 5) is 38.6. The maximum atomic E-state index is 12.5. The predicted molar refractivity (Wildman–Crippen MR) is 113 cm³/mol. The Balaban J connectivity index is 1.85. The minimum atomic E-state index is -0.995. The van der Waals surface area contributed by atoms with Crippen molar-refractivity contribution in [2.75, 3.05) is 25.5 Å². The molecule has 1 atom stereocenters. The number of piperidine rings is 1. The van der Waals surface area contributed by atoms with Gasteiger partial charge in [0.1, 0.15) is 11.4 Å². The van der Waals surface area contributed by atoms with Crippen LogP contribution in [0.3, 0.4) is 0 Å². The molecule has 0 radical (unpaired) electrons. The molecule has 30 heavy (non-hydrogen) atoms. The molecule has 8 nitrogen and oxygen atoms in total. The number of carbonyl (C=O) groups is 3. The predicted octanol–water partition coefficient (Wildman–Crippen LogP) is 3.87. The van der Waals surface area contributed by atoms with Crippen LogP contribution in [0.25, 0.3) is 0 Å². The van der Waals surface area contributed by atoms with E-state index in [0.29, 0.717) is 42.4 Å². The van der Waals surface area contributed by atoms with E-state index in [4.69, 9.17) is 25.8 Å². The number of likely N-dealkylation sites (tertiary alicyclic amines) is 1. The summed E-state index contributed by atoms with van der Waals surface area (Å²) in [6.45, 7) is 7.71. The van der Waals surface area contributed by atoms with Crippen LogP contribution >= 0.6 is 11.6 Å². The molecule has 2 amide bonds. The van der Waals surface area contributed by atoms with Crippen molar-refractivity contribution in [1.82, 2.24) is 4.90 Å². The van der Waals surface area contributed by atoms with Crippen LogP contribution in [0.15, 0.2) is 18.2 Å². The summed E-state index contributed by atoms with van der Waals surface area (Å²) in [5.41, 5.74) is -0.176. The molecule has 9 heteroatoms. The van der Waals surface area contributed by atoms with E-state index in [0.717, 1.165) is 0 Å². The Morgan fingerprint density at radius 2 is 1.83 bits per heavy atom. The number of nitrogens with zero attached hydrogens (tertiary/aromatic N) is 1. The SMILES string of the molecule is COc1ccc(Cl)cc1NC(=O)C(C)OC(=O)C1CCN(C(=O)OC(C)(C)C)CC1. The van der Waals surface area contributed by atoms with Crippen LogP contribution in [0.1, 0.15) is 40.5 Å². The molecule has 0 aromatic heterocycles. The van der Waals surface area contributed by atoms with E-state index in [1.165, 1.54) is 14.0 Å². The lowest BCUT2D eigenvalue weighted by Gasteiger charge is -2.32. The largest absolute Gasteiger partial charge is 0.495 e. The number of halogens is 1. The van der Waals surface area contributed by atoms with Gasteiger partial charge in [0, 0.05) is 18.1 Å². The average Bonchev–Trinajstić information content (AvgIpc) is 2.66. The van der Waals surface area contributed by atoms with Crippen LogP contribution in [0.5, 0.6) is 5.75 Å². The first-order valence-corrected chi connectivity index (χ1v) is 10.2. The van der Waals surface area contributed by atoms with E-state index in [2.05, 4.69) is 5.32 Å². The quantitative estimate of drug-likeness (QED) is 0.698. The van der Waals surface area contributed by atoms with Crippen molar-refractivity contribution in [3.05, 3.63) is 23.2 Å². The highest BCUT2D eigenvalue weighted by molar-refractivity contribution is 6.31. The Morgan fingerprint density at radius 3 is 2.40 bits per heavy atom. The summed E-state index contributed by atoms with van der Waals surface area (Å²) in [5.74, 6) is -0.880. The Hall–Kier alpha value is -2.48. The first-order chi connectivity index (χ1) is 14.0. The number of rotatable bonds is 5. The van der Waals surface area contributed by atoms with Crippen molar-refractivity contribution >= 4 is 35.3 Å². The lowest BCUT2D eigenvalue weighted by molar-refractivity contribution is -0.158. The van der Waals surface area contributed by atoms with Gasteiger partial charge in [-0.15, -0.1) is 0 Å². The van der Waals surface area contributed by atoms with E-state index in [-0.39, 0.29) is 5.92 Å². The van der Waals surface area contributed by atoms with Crippen molar-refractivity contribution in [2.45, 2.75) is 52.2 Å². The van der Waals surface area contributed by atoms with Crippen LogP contribution in [-0.4, -0.2) is 54.8 Å². The average molecular weight is 441 g/mol. The molecule has 1 fully saturated rings. The number of methoxy groups -OCH3 is 1. The van der Waals surface area contributed by atoms with Crippen LogP contribution < -0.4 is 10.1 Å². The van der Waals surface area contributed by atoms with Crippen molar-refractivity contribution in [1.29, 1.82) is 0 Å². The summed E-state index contributed by atoms with van der Waals surface area (Å²) < 4.78 is 15.9. The fourth-order valence-corrected chi connectivity index (χ4v) is 3.13. The van der Waals surface area contributed by atoms with Gasteiger partial charge < -0.3 is 24.4 Å². The molecule has 0 aliphatic carbocycles. The van der Waals surface area contributed by atoms with E-state index in [1.807, 2.05) is 0 Å². The van der Waals surface area contributed by atoms with Gasteiger partial charge in [0.2, 0.25) is 0 Å². The van der Waals surface area contributed by atoms with Crippen LogP contribution in [-0.2, 0) is 19.1 Å². The number of carbonyl (C=O) groups excluding carboxylic acids is 3. The first kappa shape index (κ1) is 23.8. The second-order valence-electron chi connectivity index (χ2n) is 8.15. The lowest BCUT2D eigenvalue weighted by atomic mass is 9.97. The molecule has 0 saturated carbocycles. The molecule has 1 aromatic rings. The number of hydrogen-bond acceptors (Lipinski definition) is 6. The van der Waals surface area contributed by atoms with Gasteiger partial charge in [0.05, 0.1) is 18.7 Å².